The van der Waals surface area contributed by atoms with Gasteiger partial charge in [0.25, 0.3) is 11.7 Å². The molecule has 0 aliphatic carbocycles. The number of hydrogen-bond acceptors (Lipinski definition) is 4. The molecule has 1 aliphatic heterocycles. The summed E-state index contributed by atoms with van der Waals surface area (Å²) in [7, 11) is 0. The van der Waals surface area contributed by atoms with Gasteiger partial charge in [-0.3, -0.25) is 14.5 Å². The van der Waals surface area contributed by atoms with Crippen LogP contribution in [0.4, 0.5) is 5.69 Å². The second-order valence-electron chi connectivity index (χ2n) is 7.54. The Labute approximate surface area is 201 Å². The molecule has 1 aliphatic rings. The Bertz CT molecular complexity index is 1270. The fraction of sp³-hybridized carbons (Fsp3) is 0.154. The van der Waals surface area contributed by atoms with Crippen LogP contribution in [0.25, 0.3) is 5.76 Å². The van der Waals surface area contributed by atoms with E-state index in [1.807, 2.05) is 37.3 Å². The number of rotatable bonds is 5. The Morgan fingerprint density at radius 1 is 1.00 bits per heavy atom. The van der Waals surface area contributed by atoms with Crippen LogP contribution in [0, 0.1) is 6.92 Å². The quantitative estimate of drug-likeness (QED) is 0.262. The van der Waals surface area contributed by atoms with Crippen molar-refractivity contribution in [3.63, 3.8) is 0 Å². The zero-order chi connectivity index (χ0) is 23.7. The van der Waals surface area contributed by atoms with Gasteiger partial charge >= 0.3 is 0 Å². The molecule has 3 aromatic rings. The Balaban J connectivity index is 1.95. The standard InChI is InChI=1S/C26H21Cl2NO4/c1-3-33-21-14-17(12-13-19(21)28)24(30)22-23(16-8-5-4-6-9-16)29(26(32)25(22)31)20-11-7-10-18(27)15(20)2/h4-14,23,30H,3H2,1-2H3/b24-22+. The molecule has 1 saturated heterocycles. The summed E-state index contributed by atoms with van der Waals surface area (Å²) in [5.74, 6) is -1.45. The van der Waals surface area contributed by atoms with Crippen LogP contribution >= 0.6 is 23.2 Å². The lowest BCUT2D eigenvalue weighted by Crippen LogP contribution is -2.30. The number of Topliss-reactive ketones (excluding diaryl/α,β-unsaturated/α-hetero) is 1. The van der Waals surface area contributed by atoms with Crippen molar-refractivity contribution in [2.75, 3.05) is 11.5 Å². The third kappa shape index (κ3) is 4.10. The van der Waals surface area contributed by atoms with Crippen LogP contribution in [-0.2, 0) is 9.59 Å². The number of benzene rings is 3. The molecule has 33 heavy (non-hydrogen) atoms. The molecule has 1 amide bonds. The van der Waals surface area contributed by atoms with E-state index in [1.54, 1.807) is 43.3 Å². The molecule has 7 heteroatoms. The smallest absolute Gasteiger partial charge is 0.300 e. The Morgan fingerprint density at radius 2 is 1.73 bits per heavy atom. The van der Waals surface area contributed by atoms with E-state index in [2.05, 4.69) is 0 Å². The number of amides is 1. The molecular formula is C26H21Cl2NO4. The third-order valence-corrected chi connectivity index (χ3v) is 6.28. The number of carbonyl (C=O) groups excluding carboxylic acids is 2. The average Bonchev–Trinajstić information content (AvgIpc) is 3.08. The number of hydrogen-bond donors (Lipinski definition) is 1. The lowest BCUT2D eigenvalue weighted by Gasteiger charge is -2.27. The van der Waals surface area contributed by atoms with Crippen molar-refractivity contribution >= 4 is 46.3 Å². The summed E-state index contributed by atoms with van der Waals surface area (Å²) in [6, 6.07) is 18.1. The van der Waals surface area contributed by atoms with Crippen molar-refractivity contribution in [1.82, 2.24) is 0 Å². The molecule has 1 N–H and O–H groups in total. The van der Waals surface area contributed by atoms with Crippen molar-refractivity contribution in [2.45, 2.75) is 19.9 Å². The van der Waals surface area contributed by atoms with Gasteiger partial charge in [-0.2, -0.15) is 0 Å². The summed E-state index contributed by atoms with van der Waals surface area (Å²) in [5.41, 5.74) is 2.15. The highest BCUT2D eigenvalue weighted by molar-refractivity contribution is 6.52. The minimum atomic E-state index is -0.838. The first kappa shape index (κ1) is 22.9. The molecule has 0 spiro atoms. The van der Waals surface area contributed by atoms with Crippen LogP contribution in [0.15, 0.2) is 72.3 Å². The van der Waals surface area contributed by atoms with Crippen LogP contribution in [0.3, 0.4) is 0 Å². The van der Waals surface area contributed by atoms with Crippen LogP contribution in [0.1, 0.15) is 29.7 Å². The molecule has 1 heterocycles. The van der Waals surface area contributed by atoms with Gasteiger partial charge in [-0.05, 0) is 55.3 Å². The number of halogens is 2. The van der Waals surface area contributed by atoms with Crippen LogP contribution < -0.4 is 9.64 Å². The number of nitrogens with zero attached hydrogens (tertiary/aromatic N) is 1. The minimum absolute atomic E-state index is 0.0182. The molecule has 1 unspecified atom stereocenters. The van der Waals surface area contributed by atoms with Gasteiger partial charge < -0.3 is 9.84 Å². The van der Waals surface area contributed by atoms with Crippen LogP contribution in [0.5, 0.6) is 5.75 Å². The maximum absolute atomic E-state index is 13.3. The highest BCUT2D eigenvalue weighted by Gasteiger charge is 2.47. The lowest BCUT2D eigenvalue weighted by molar-refractivity contribution is -0.132. The van der Waals surface area contributed by atoms with Gasteiger partial charge in [-0.15, -0.1) is 0 Å². The Kier molecular flexibility index (Phi) is 6.45. The number of ketones is 1. The van der Waals surface area contributed by atoms with E-state index in [1.165, 1.54) is 4.90 Å². The van der Waals surface area contributed by atoms with Gasteiger partial charge in [-0.1, -0.05) is 59.6 Å². The van der Waals surface area contributed by atoms with E-state index in [-0.39, 0.29) is 11.3 Å². The zero-order valence-electron chi connectivity index (χ0n) is 18.0. The maximum atomic E-state index is 13.3. The van der Waals surface area contributed by atoms with E-state index in [4.69, 9.17) is 27.9 Å². The van der Waals surface area contributed by atoms with Gasteiger partial charge in [0.15, 0.2) is 0 Å². The van der Waals surface area contributed by atoms with Gasteiger partial charge in [0.1, 0.15) is 11.5 Å². The summed E-state index contributed by atoms with van der Waals surface area (Å²) in [5, 5.41) is 12.1. The van der Waals surface area contributed by atoms with Gasteiger partial charge in [0, 0.05) is 16.3 Å². The molecule has 0 aromatic heterocycles. The third-order valence-electron chi connectivity index (χ3n) is 5.56. The lowest BCUT2D eigenvalue weighted by atomic mass is 9.95. The van der Waals surface area contributed by atoms with Crippen molar-refractivity contribution in [3.8, 4) is 5.75 Å². The van der Waals surface area contributed by atoms with Crippen LogP contribution in [0.2, 0.25) is 10.0 Å². The van der Waals surface area contributed by atoms with E-state index in [9.17, 15) is 14.7 Å². The molecule has 4 rings (SSSR count). The fourth-order valence-corrected chi connectivity index (χ4v) is 4.30. The monoisotopic (exact) mass is 481 g/mol. The molecule has 0 radical (unpaired) electrons. The summed E-state index contributed by atoms with van der Waals surface area (Å²) in [6.45, 7) is 3.98. The summed E-state index contributed by atoms with van der Waals surface area (Å²) >= 11 is 12.5. The summed E-state index contributed by atoms with van der Waals surface area (Å²) < 4.78 is 5.53. The predicted molar refractivity (Wildman–Crippen MR) is 130 cm³/mol. The first-order valence-electron chi connectivity index (χ1n) is 10.4. The van der Waals surface area contributed by atoms with Gasteiger partial charge in [0.2, 0.25) is 0 Å². The molecular weight excluding hydrogens is 461 g/mol. The van der Waals surface area contributed by atoms with E-state index in [0.717, 1.165) is 0 Å². The van der Waals surface area contributed by atoms with Gasteiger partial charge in [0.05, 0.1) is 23.2 Å². The van der Waals surface area contributed by atoms with Crippen LogP contribution in [-0.4, -0.2) is 23.4 Å². The number of ether oxygens (including phenoxy) is 1. The van der Waals surface area contributed by atoms with Gasteiger partial charge in [-0.25, -0.2) is 0 Å². The van der Waals surface area contributed by atoms with Crippen molar-refractivity contribution < 1.29 is 19.4 Å². The average molecular weight is 482 g/mol. The zero-order valence-corrected chi connectivity index (χ0v) is 19.5. The number of anilines is 1. The minimum Gasteiger partial charge on any atom is -0.507 e. The first-order valence-corrected chi connectivity index (χ1v) is 11.1. The number of carbonyl (C=O) groups is 2. The first-order chi connectivity index (χ1) is 15.8. The molecule has 3 aromatic carbocycles. The maximum Gasteiger partial charge on any atom is 0.300 e. The van der Waals surface area contributed by atoms with Crippen molar-refractivity contribution in [1.29, 1.82) is 0 Å². The predicted octanol–water partition coefficient (Wildman–Crippen LogP) is 6.33. The molecule has 0 saturated carbocycles. The van der Waals surface area contributed by atoms with E-state index < -0.39 is 17.7 Å². The Morgan fingerprint density at radius 3 is 2.42 bits per heavy atom. The number of aliphatic hydroxyl groups excluding tert-OH is 1. The summed E-state index contributed by atoms with van der Waals surface area (Å²) in [4.78, 5) is 27.9. The van der Waals surface area contributed by atoms with E-state index >= 15 is 0 Å². The molecule has 0 bridgehead atoms. The highest BCUT2D eigenvalue weighted by Crippen LogP contribution is 2.44. The Hall–Kier alpha value is -3.28. The topological polar surface area (TPSA) is 66.8 Å². The molecule has 5 nitrogen and oxygen atoms in total. The highest BCUT2D eigenvalue weighted by atomic mass is 35.5. The normalized spacial score (nSPS) is 17.5. The second kappa shape index (κ2) is 9.30. The van der Waals surface area contributed by atoms with E-state index in [0.29, 0.717) is 44.8 Å². The molecule has 168 valence electrons. The fourth-order valence-electron chi connectivity index (χ4n) is 3.96. The number of aliphatic hydroxyl groups is 1. The largest absolute Gasteiger partial charge is 0.507 e. The van der Waals surface area contributed by atoms with Crippen molar-refractivity contribution in [2.24, 2.45) is 0 Å². The summed E-state index contributed by atoms with van der Waals surface area (Å²) in [6.07, 6.45) is 0. The second-order valence-corrected chi connectivity index (χ2v) is 8.36. The SMILES string of the molecule is CCOc1cc(/C(O)=C2\C(=O)C(=O)N(c3cccc(Cl)c3C)C2c2ccccc2)ccc1Cl. The molecule has 1 fully saturated rings. The van der Waals surface area contributed by atoms with Crippen molar-refractivity contribution in [3.05, 3.63) is 99.0 Å². The molecule has 1 atom stereocenters.